The lowest BCUT2D eigenvalue weighted by Gasteiger charge is -2.34. The molecule has 2 aromatic heterocycles. The minimum atomic E-state index is -0.421. The lowest BCUT2D eigenvalue weighted by Crippen LogP contribution is -2.43. The van der Waals surface area contributed by atoms with E-state index in [9.17, 15) is 9.59 Å². The van der Waals surface area contributed by atoms with Crippen LogP contribution < -0.4 is 5.32 Å². The predicted octanol–water partition coefficient (Wildman–Crippen LogP) is 2.77. The summed E-state index contributed by atoms with van der Waals surface area (Å²) in [5.41, 5.74) is 3.59. The number of aromatic nitrogens is 3. The number of anilines is 1. The summed E-state index contributed by atoms with van der Waals surface area (Å²) in [5.74, 6) is -0.421. The Labute approximate surface area is 161 Å². The van der Waals surface area contributed by atoms with Crippen LogP contribution in [0.4, 0.5) is 10.5 Å². The number of H-pyrrole nitrogens is 1. The number of carbonyl (C=O) groups excluding carboxylic acids is 2. The van der Waals surface area contributed by atoms with Crippen molar-refractivity contribution in [3.63, 3.8) is 0 Å². The molecule has 3 heterocycles. The molecule has 0 spiro atoms. The van der Waals surface area contributed by atoms with Crippen LogP contribution in [-0.4, -0.2) is 45.5 Å². The molecule has 4 rings (SSSR count). The average molecular weight is 377 g/mol. The number of benzene rings is 1. The summed E-state index contributed by atoms with van der Waals surface area (Å²) in [6.45, 7) is 0.530. The van der Waals surface area contributed by atoms with E-state index in [4.69, 9.17) is 0 Å². The van der Waals surface area contributed by atoms with E-state index in [0.717, 1.165) is 17.1 Å². The summed E-state index contributed by atoms with van der Waals surface area (Å²) < 4.78 is 4.69. The Hall–Kier alpha value is -3.68. The van der Waals surface area contributed by atoms with Crippen molar-refractivity contribution in [2.75, 3.05) is 19.0 Å². The Morgan fingerprint density at radius 3 is 2.71 bits per heavy atom. The number of nitrogens with zero attached hydrogens (tertiary/aromatic N) is 3. The molecule has 0 saturated heterocycles. The zero-order valence-electron chi connectivity index (χ0n) is 15.3. The first-order valence-electron chi connectivity index (χ1n) is 8.86. The molecule has 8 nitrogen and oxygen atoms in total. The maximum Gasteiger partial charge on any atom is 0.337 e. The summed E-state index contributed by atoms with van der Waals surface area (Å²) in [5, 5.41) is 2.89. The quantitative estimate of drug-likeness (QED) is 0.684. The van der Waals surface area contributed by atoms with Crippen molar-refractivity contribution in [3.05, 3.63) is 77.6 Å². The molecule has 8 heteroatoms. The molecule has 1 aromatic carbocycles. The number of carbonyl (C=O) groups is 2. The van der Waals surface area contributed by atoms with Gasteiger partial charge in [0.05, 0.1) is 30.4 Å². The number of rotatable bonds is 3. The minimum Gasteiger partial charge on any atom is -0.465 e. The SMILES string of the molecule is COC(=O)c1ccc(NC(=O)N2CCc3[nH]cnc3[C@@H]2c2ccccn2)cc1. The molecule has 28 heavy (non-hydrogen) atoms. The number of fused-ring (bicyclic) bond motifs is 1. The molecule has 0 bridgehead atoms. The van der Waals surface area contributed by atoms with Crippen LogP contribution in [-0.2, 0) is 11.2 Å². The molecular formula is C20H19N5O3. The van der Waals surface area contributed by atoms with Crippen molar-refractivity contribution in [3.8, 4) is 0 Å². The number of esters is 1. The summed E-state index contributed by atoms with van der Waals surface area (Å²) in [4.78, 5) is 38.3. The molecule has 1 atom stereocenters. The maximum atomic E-state index is 13.0. The van der Waals surface area contributed by atoms with Crippen LogP contribution in [0.2, 0.25) is 0 Å². The maximum absolute atomic E-state index is 13.0. The number of pyridine rings is 1. The van der Waals surface area contributed by atoms with E-state index < -0.39 is 5.97 Å². The Bertz CT molecular complexity index is 985. The highest BCUT2D eigenvalue weighted by Crippen LogP contribution is 2.32. The number of urea groups is 1. The zero-order chi connectivity index (χ0) is 19.5. The largest absolute Gasteiger partial charge is 0.465 e. The second kappa shape index (κ2) is 7.51. The van der Waals surface area contributed by atoms with Crippen molar-refractivity contribution in [2.45, 2.75) is 12.5 Å². The summed E-state index contributed by atoms with van der Waals surface area (Å²) >= 11 is 0. The van der Waals surface area contributed by atoms with Crippen molar-refractivity contribution in [2.24, 2.45) is 0 Å². The lowest BCUT2D eigenvalue weighted by atomic mass is 10.00. The van der Waals surface area contributed by atoms with Crippen LogP contribution in [0.1, 0.15) is 33.5 Å². The molecule has 3 aromatic rings. The third-order valence-electron chi connectivity index (χ3n) is 4.71. The standard InChI is InChI=1S/C20H19N5O3/c1-28-19(26)13-5-7-14(8-6-13)24-20(27)25-11-9-15-17(23-12-22-15)18(25)16-4-2-3-10-21-16/h2-8,10,12,18H,9,11H2,1H3,(H,22,23)(H,24,27)/t18-/m0/s1. The van der Waals surface area contributed by atoms with Crippen molar-refractivity contribution in [1.29, 1.82) is 0 Å². The van der Waals surface area contributed by atoms with Crippen LogP contribution in [0, 0.1) is 0 Å². The number of hydrogen-bond donors (Lipinski definition) is 2. The molecule has 2 N–H and O–H groups in total. The van der Waals surface area contributed by atoms with E-state index in [-0.39, 0.29) is 12.1 Å². The number of aromatic amines is 1. The molecule has 0 saturated carbocycles. The molecule has 2 amide bonds. The van der Waals surface area contributed by atoms with E-state index >= 15 is 0 Å². The topological polar surface area (TPSA) is 100 Å². The Morgan fingerprint density at radius 1 is 1.18 bits per heavy atom. The smallest absolute Gasteiger partial charge is 0.337 e. The fraction of sp³-hybridized carbons (Fsp3) is 0.200. The van der Waals surface area contributed by atoms with Crippen LogP contribution in [0.3, 0.4) is 0 Å². The van der Waals surface area contributed by atoms with E-state index in [1.165, 1.54) is 7.11 Å². The molecule has 1 aliphatic rings. The number of ether oxygens (including phenoxy) is 1. The fourth-order valence-electron chi connectivity index (χ4n) is 3.34. The van der Waals surface area contributed by atoms with Gasteiger partial charge >= 0.3 is 12.0 Å². The molecule has 142 valence electrons. The monoisotopic (exact) mass is 377 g/mol. The van der Waals surface area contributed by atoms with E-state index in [1.807, 2.05) is 18.2 Å². The minimum absolute atomic E-state index is 0.255. The van der Waals surface area contributed by atoms with Crippen molar-refractivity contribution >= 4 is 17.7 Å². The van der Waals surface area contributed by atoms with Crippen molar-refractivity contribution in [1.82, 2.24) is 19.9 Å². The average Bonchev–Trinajstić information content (AvgIpc) is 3.22. The summed E-state index contributed by atoms with van der Waals surface area (Å²) in [6, 6.07) is 11.6. The molecule has 0 aliphatic carbocycles. The van der Waals surface area contributed by atoms with E-state index in [2.05, 4.69) is 25.0 Å². The summed E-state index contributed by atoms with van der Waals surface area (Å²) in [7, 11) is 1.33. The van der Waals surface area contributed by atoms with Crippen LogP contribution in [0.25, 0.3) is 0 Å². The molecule has 1 aliphatic heterocycles. The Kier molecular flexibility index (Phi) is 4.76. The highest BCUT2D eigenvalue weighted by molar-refractivity contribution is 5.92. The molecular weight excluding hydrogens is 358 g/mol. The van der Waals surface area contributed by atoms with Gasteiger partial charge in [-0.25, -0.2) is 14.6 Å². The lowest BCUT2D eigenvalue weighted by molar-refractivity contribution is 0.0600. The van der Waals surface area contributed by atoms with E-state index in [1.54, 1.807) is 41.7 Å². The number of amides is 2. The van der Waals surface area contributed by atoms with Crippen LogP contribution in [0.15, 0.2) is 55.0 Å². The number of hydrogen-bond acceptors (Lipinski definition) is 5. The third-order valence-corrected chi connectivity index (χ3v) is 4.71. The Morgan fingerprint density at radius 2 is 2.00 bits per heavy atom. The second-order valence-corrected chi connectivity index (χ2v) is 6.37. The predicted molar refractivity (Wildman–Crippen MR) is 102 cm³/mol. The van der Waals surface area contributed by atoms with Gasteiger partial charge in [0.2, 0.25) is 0 Å². The highest BCUT2D eigenvalue weighted by atomic mass is 16.5. The molecule has 0 radical (unpaired) electrons. The number of nitrogens with one attached hydrogen (secondary N) is 2. The highest BCUT2D eigenvalue weighted by Gasteiger charge is 2.34. The normalized spacial score (nSPS) is 15.6. The van der Waals surface area contributed by atoms with Gasteiger partial charge in [0.1, 0.15) is 6.04 Å². The fourth-order valence-corrected chi connectivity index (χ4v) is 3.34. The third kappa shape index (κ3) is 3.32. The van der Waals surface area contributed by atoms with Crippen LogP contribution in [0.5, 0.6) is 0 Å². The molecule has 0 fully saturated rings. The zero-order valence-corrected chi connectivity index (χ0v) is 15.3. The first kappa shape index (κ1) is 17.7. The number of methoxy groups -OCH3 is 1. The van der Waals surface area contributed by atoms with Gasteiger partial charge in [0.25, 0.3) is 0 Å². The van der Waals surface area contributed by atoms with Gasteiger partial charge in [0.15, 0.2) is 0 Å². The second-order valence-electron chi connectivity index (χ2n) is 6.37. The molecule has 0 unspecified atom stereocenters. The first-order valence-corrected chi connectivity index (χ1v) is 8.86. The van der Waals surface area contributed by atoms with Gasteiger partial charge in [-0.1, -0.05) is 6.07 Å². The van der Waals surface area contributed by atoms with Gasteiger partial charge in [-0.05, 0) is 36.4 Å². The van der Waals surface area contributed by atoms with Gasteiger partial charge in [-0.2, -0.15) is 0 Å². The first-order chi connectivity index (χ1) is 13.7. The Balaban J connectivity index is 1.58. The number of imidazole rings is 1. The van der Waals surface area contributed by atoms with Crippen LogP contribution >= 0.6 is 0 Å². The van der Waals surface area contributed by atoms with Gasteiger partial charge in [-0.3, -0.25) is 4.98 Å². The van der Waals surface area contributed by atoms with Crippen molar-refractivity contribution < 1.29 is 14.3 Å². The van der Waals surface area contributed by atoms with Gasteiger partial charge in [-0.15, -0.1) is 0 Å². The van der Waals surface area contributed by atoms with Gasteiger partial charge in [0, 0.05) is 30.5 Å². The summed E-state index contributed by atoms with van der Waals surface area (Å²) in [6.07, 6.45) is 4.04. The van der Waals surface area contributed by atoms with Gasteiger partial charge < -0.3 is 19.9 Å². The van der Waals surface area contributed by atoms with E-state index in [0.29, 0.717) is 24.2 Å².